The SMILES string of the molecule is COCCCN1C(=O)C(=O)C(=C(O)c2nc3c(C)cccn3c2C)C1c1ccc(OCc2ccccc2)cc1. The number of benzene rings is 2. The van der Waals surface area contributed by atoms with Crippen LogP contribution in [0.1, 0.15) is 40.5 Å². The molecule has 1 aliphatic rings. The van der Waals surface area contributed by atoms with Crippen LogP contribution >= 0.6 is 0 Å². The molecule has 0 bridgehead atoms. The van der Waals surface area contributed by atoms with Gasteiger partial charge in [0, 0.05) is 26.5 Å². The highest BCUT2D eigenvalue weighted by molar-refractivity contribution is 6.46. The molecule has 1 N–H and O–H groups in total. The number of pyridine rings is 1. The number of imidazole rings is 1. The van der Waals surface area contributed by atoms with Gasteiger partial charge in [-0.3, -0.25) is 9.59 Å². The molecule has 0 aliphatic carbocycles. The van der Waals surface area contributed by atoms with E-state index in [0.717, 1.165) is 11.1 Å². The third-order valence-electron chi connectivity index (χ3n) is 7.04. The van der Waals surface area contributed by atoms with E-state index in [1.807, 2.05) is 91.2 Å². The zero-order valence-corrected chi connectivity index (χ0v) is 22.3. The Kier molecular flexibility index (Phi) is 7.47. The van der Waals surface area contributed by atoms with Crippen molar-refractivity contribution in [1.29, 1.82) is 0 Å². The molecule has 0 spiro atoms. The lowest BCUT2D eigenvalue weighted by Crippen LogP contribution is -2.31. The number of fused-ring (bicyclic) bond motifs is 1. The molecule has 1 fully saturated rings. The van der Waals surface area contributed by atoms with Gasteiger partial charge in [0.1, 0.15) is 23.7 Å². The maximum Gasteiger partial charge on any atom is 0.295 e. The van der Waals surface area contributed by atoms with E-state index in [2.05, 4.69) is 4.98 Å². The Morgan fingerprint density at radius 2 is 1.74 bits per heavy atom. The van der Waals surface area contributed by atoms with Gasteiger partial charge in [0.25, 0.3) is 11.7 Å². The minimum atomic E-state index is -0.768. The van der Waals surface area contributed by atoms with Crippen LogP contribution in [0.4, 0.5) is 0 Å². The van der Waals surface area contributed by atoms with E-state index in [1.165, 1.54) is 4.90 Å². The van der Waals surface area contributed by atoms with Crippen LogP contribution in [0.3, 0.4) is 0 Å². The first-order valence-corrected chi connectivity index (χ1v) is 12.9. The summed E-state index contributed by atoms with van der Waals surface area (Å²) in [6, 6.07) is 20.2. The molecule has 1 saturated heterocycles. The number of ketones is 1. The number of rotatable bonds is 9. The van der Waals surface area contributed by atoms with E-state index in [9.17, 15) is 14.7 Å². The van der Waals surface area contributed by atoms with E-state index in [0.29, 0.717) is 48.8 Å². The number of hydrogen-bond donors (Lipinski definition) is 1. The molecule has 1 atom stereocenters. The second-order valence-corrected chi connectivity index (χ2v) is 9.61. The van der Waals surface area contributed by atoms with Gasteiger partial charge >= 0.3 is 0 Å². The molecule has 5 rings (SSSR count). The van der Waals surface area contributed by atoms with Gasteiger partial charge in [-0.15, -0.1) is 0 Å². The number of Topliss-reactive ketones (excluding diaryl/α,β-unsaturated/α-hetero) is 1. The van der Waals surface area contributed by atoms with Crippen LogP contribution in [0.2, 0.25) is 0 Å². The van der Waals surface area contributed by atoms with Crippen molar-refractivity contribution in [2.75, 3.05) is 20.3 Å². The number of likely N-dealkylation sites (tertiary alicyclic amines) is 1. The number of hydrogen-bond acceptors (Lipinski definition) is 6. The topological polar surface area (TPSA) is 93.4 Å². The zero-order valence-electron chi connectivity index (χ0n) is 22.3. The Morgan fingerprint density at radius 3 is 2.44 bits per heavy atom. The molecule has 1 unspecified atom stereocenters. The van der Waals surface area contributed by atoms with Gasteiger partial charge < -0.3 is 23.9 Å². The Bertz CT molecular complexity index is 1540. The number of methoxy groups -OCH3 is 1. The second-order valence-electron chi connectivity index (χ2n) is 9.61. The minimum absolute atomic E-state index is 0.0273. The van der Waals surface area contributed by atoms with Crippen molar-refractivity contribution in [2.45, 2.75) is 32.9 Å². The van der Waals surface area contributed by atoms with Gasteiger partial charge in [0.2, 0.25) is 0 Å². The number of nitrogens with zero attached hydrogens (tertiary/aromatic N) is 3. The summed E-state index contributed by atoms with van der Waals surface area (Å²) < 4.78 is 13.0. The van der Waals surface area contributed by atoms with Gasteiger partial charge in [-0.25, -0.2) is 4.98 Å². The summed E-state index contributed by atoms with van der Waals surface area (Å²) in [7, 11) is 1.59. The molecular formula is C31H31N3O5. The molecule has 39 heavy (non-hydrogen) atoms. The fourth-order valence-corrected chi connectivity index (χ4v) is 5.00. The van der Waals surface area contributed by atoms with Crippen molar-refractivity contribution in [3.8, 4) is 5.75 Å². The second kappa shape index (κ2) is 11.1. The predicted molar refractivity (Wildman–Crippen MR) is 147 cm³/mol. The third-order valence-corrected chi connectivity index (χ3v) is 7.04. The van der Waals surface area contributed by atoms with E-state index in [1.54, 1.807) is 7.11 Å². The van der Waals surface area contributed by atoms with Gasteiger partial charge in [-0.05, 0) is 55.2 Å². The first kappa shape index (κ1) is 26.2. The Morgan fingerprint density at radius 1 is 1.00 bits per heavy atom. The number of ether oxygens (including phenoxy) is 2. The van der Waals surface area contributed by atoms with Gasteiger partial charge in [0.05, 0.1) is 17.3 Å². The summed E-state index contributed by atoms with van der Waals surface area (Å²) in [5.41, 5.74) is 4.35. The largest absolute Gasteiger partial charge is 0.505 e. The average molecular weight is 526 g/mol. The maximum atomic E-state index is 13.4. The molecule has 3 heterocycles. The fourth-order valence-electron chi connectivity index (χ4n) is 5.00. The average Bonchev–Trinajstić information content (AvgIpc) is 3.42. The maximum absolute atomic E-state index is 13.4. The molecule has 2 aromatic heterocycles. The number of carbonyl (C=O) groups is 2. The fraction of sp³-hybridized carbons (Fsp3) is 0.258. The number of amides is 1. The van der Waals surface area contributed by atoms with E-state index in [4.69, 9.17) is 9.47 Å². The molecule has 0 radical (unpaired) electrons. The van der Waals surface area contributed by atoms with Crippen molar-refractivity contribution in [1.82, 2.24) is 14.3 Å². The van der Waals surface area contributed by atoms with E-state index < -0.39 is 17.7 Å². The summed E-state index contributed by atoms with van der Waals surface area (Å²) in [6.07, 6.45) is 2.40. The summed E-state index contributed by atoms with van der Waals surface area (Å²) in [4.78, 5) is 32.7. The highest BCUT2D eigenvalue weighted by atomic mass is 16.5. The van der Waals surface area contributed by atoms with E-state index >= 15 is 0 Å². The molecule has 1 aliphatic heterocycles. The van der Waals surface area contributed by atoms with Gasteiger partial charge in [-0.2, -0.15) is 0 Å². The number of aliphatic hydroxyl groups is 1. The van der Waals surface area contributed by atoms with Crippen LogP contribution in [0, 0.1) is 13.8 Å². The Hall–Kier alpha value is -4.43. The third kappa shape index (κ3) is 5.03. The van der Waals surface area contributed by atoms with Crippen LogP contribution in [0.25, 0.3) is 11.4 Å². The summed E-state index contributed by atoms with van der Waals surface area (Å²) in [6.45, 7) is 4.92. The zero-order chi connectivity index (χ0) is 27.5. The summed E-state index contributed by atoms with van der Waals surface area (Å²) in [5.74, 6) is -1.00. The molecule has 8 nitrogen and oxygen atoms in total. The molecule has 2 aromatic carbocycles. The lowest BCUT2D eigenvalue weighted by atomic mass is 9.96. The predicted octanol–water partition coefficient (Wildman–Crippen LogP) is 4.99. The minimum Gasteiger partial charge on any atom is -0.505 e. The molecule has 200 valence electrons. The van der Waals surface area contributed by atoms with Crippen molar-refractivity contribution < 1.29 is 24.2 Å². The van der Waals surface area contributed by atoms with E-state index in [-0.39, 0.29) is 17.0 Å². The monoisotopic (exact) mass is 525 g/mol. The molecule has 1 amide bonds. The van der Waals surface area contributed by atoms with Crippen LogP contribution in [0.5, 0.6) is 5.75 Å². The summed E-state index contributed by atoms with van der Waals surface area (Å²) in [5, 5.41) is 11.5. The van der Waals surface area contributed by atoms with Gasteiger partial charge in [0.15, 0.2) is 5.76 Å². The molecular weight excluding hydrogens is 494 g/mol. The molecule has 8 heteroatoms. The normalized spacial score (nSPS) is 16.8. The smallest absolute Gasteiger partial charge is 0.295 e. The Labute approximate surface area is 227 Å². The van der Waals surface area contributed by atoms with Crippen molar-refractivity contribution in [3.63, 3.8) is 0 Å². The number of aliphatic hydroxyl groups excluding tert-OH is 1. The quantitative estimate of drug-likeness (QED) is 0.143. The number of aromatic nitrogens is 2. The molecule has 0 saturated carbocycles. The highest BCUT2D eigenvalue weighted by Crippen LogP contribution is 2.40. The van der Waals surface area contributed by atoms with Crippen LogP contribution in [-0.2, 0) is 20.9 Å². The first-order valence-electron chi connectivity index (χ1n) is 12.9. The van der Waals surface area contributed by atoms with Crippen LogP contribution < -0.4 is 4.74 Å². The molecule has 4 aromatic rings. The Balaban J connectivity index is 1.54. The van der Waals surface area contributed by atoms with Crippen LogP contribution in [0.15, 0.2) is 78.5 Å². The summed E-state index contributed by atoms with van der Waals surface area (Å²) >= 11 is 0. The van der Waals surface area contributed by atoms with Crippen molar-refractivity contribution in [3.05, 3.63) is 107 Å². The standard InChI is InChI=1S/C31H31N3O5/c1-20-9-7-16-33-21(2)26(32-30(20)33)28(35)25-27(34(17-8-18-38-3)31(37)29(25)36)23-12-14-24(15-13-23)39-19-22-10-5-4-6-11-22/h4-7,9-16,27,35H,8,17-19H2,1-3H3. The lowest BCUT2D eigenvalue weighted by Gasteiger charge is -2.25. The number of carbonyl (C=O) groups excluding carboxylic acids is 2. The lowest BCUT2D eigenvalue weighted by molar-refractivity contribution is -0.140. The van der Waals surface area contributed by atoms with Gasteiger partial charge in [-0.1, -0.05) is 48.5 Å². The first-order chi connectivity index (χ1) is 18.9. The highest BCUT2D eigenvalue weighted by Gasteiger charge is 2.46. The number of aryl methyl sites for hydroxylation is 2. The van der Waals surface area contributed by atoms with Crippen molar-refractivity contribution in [2.24, 2.45) is 0 Å². The van der Waals surface area contributed by atoms with Crippen LogP contribution in [-0.4, -0.2) is 51.3 Å². The van der Waals surface area contributed by atoms with Crippen molar-refractivity contribution >= 4 is 23.1 Å².